The molecule has 7 nitrogen and oxygen atoms in total. The second-order valence-electron chi connectivity index (χ2n) is 4.02. The van der Waals surface area contributed by atoms with Crippen LogP contribution in [0.15, 0.2) is 56.5 Å². The fourth-order valence-corrected chi connectivity index (χ4v) is 1.90. The van der Waals surface area contributed by atoms with E-state index in [1.807, 2.05) is 6.07 Å². The molecule has 1 N–H and O–H groups in total. The van der Waals surface area contributed by atoms with E-state index in [4.69, 9.17) is 4.42 Å². The summed E-state index contributed by atoms with van der Waals surface area (Å²) in [6.45, 7) is 0. The third-order valence-electron chi connectivity index (χ3n) is 2.47. The number of carbonyl (C=O) groups excluding carboxylic acids is 1. The molecule has 0 aliphatic rings. The number of allylic oxidation sites excluding steroid dienone is 1. The summed E-state index contributed by atoms with van der Waals surface area (Å²) < 4.78 is 5.71. The molecule has 0 saturated carbocycles. The van der Waals surface area contributed by atoms with Gasteiger partial charge in [-0.2, -0.15) is 5.10 Å². The van der Waals surface area contributed by atoms with E-state index in [1.54, 1.807) is 18.2 Å². The van der Waals surface area contributed by atoms with Crippen molar-refractivity contribution in [3.63, 3.8) is 0 Å². The van der Waals surface area contributed by atoms with Gasteiger partial charge in [-0.15, -0.1) is 0 Å². The summed E-state index contributed by atoms with van der Waals surface area (Å²) in [7, 11) is 0. The van der Waals surface area contributed by atoms with Crippen molar-refractivity contribution in [1.82, 2.24) is 5.43 Å². The Kier molecular flexibility index (Phi) is 5.21. The summed E-state index contributed by atoms with van der Waals surface area (Å²) in [5, 5.41) is 14.2. The van der Waals surface area contributed by atoms with E-state index in [0.29, 0.717) is 11.3 Å². The minimum absolute atomic E-state index is 0.316. The van der Waals surface area contributed by atoms with E-state index in [-0.39, 0.29) is 11.8 Å². The highest BCUT2D eigenvalue weighted by Gasteiger charge is 2.09. The first-order valence-electron chi connectivity index (χ1n) is 6.06. The summed E-state index contributed by atoms with van der Waals surface area (Å²) in [6.07, 6.45) is 4.32. The Hall–Kier alpha value is -2.74. The van der Waals surface area contributed by atoms with Gasteiger partial charge in [-0.3, -0.25) is 14.9 Å². The van der Waals surface area contributed by atoms with Crippen LogP contribution in [-0.4, -0.2) is 17.0 Å². The van der Waals surface area contributed by atoms with Crippen LogP contribution >= 0.6 is 15.9 Å². The van der Waals surface area contributed by atoms with Crippen LogP contribution in [0.5, 0.6) is 0 Å². The number of furan rings is 1. The zero-order valence-electron chi connectivity index (χ0n) is 11.1. The number of rotatable bonds is 5. The molecule has 0 saturated heterocycles. The first-order chi connectivity index (χ1) is 10.6. The number of benzene rings is 1. The zero-order chi connectivity index (χ0) is 15.9. The van der Waals surface area contributed by atoms with Gasteiger partial charge in [0.2, 0.25) is 0 Å². The van der Waals surface area contributed by atoms with E-state index in [2.05, 4.69) is 26.5 Å². The van der Waals surface area contributed by atoms with Crippen LogP contribution in [0.2, 0.25) is 0 Å². The molecule has 0 bridgehead atoms. The summed E-state index contributed by atoms with van der Waals surface area (Å²) in [5.41, 5.74) is 2.83. The fraction of sp³-hybridized carbons (Fsp3) is 0. The number of nitro groups is 1. The third kappa shape index (κ3) is 4.38. The fourth-order valence-electron chi connectivity index (χ4n) is 1.50. The van der Waals surface area contributed by atoms with Crippen molar-refractivity contribution in [3.05, 3.63) is 68.4 Å². The number of amides is 1. The highest BCUT2D eigenvalue weighted by Crippen LogP contribution is 2.16. The lowest BCUT2D eigenvalue weighted by Gasteiger charge is -1.99. The molecule has 0 unspecified atom stereocenters. The van der Waals surface area contributed by atoms with E-state index in [1.165, 1.54) is 30.5 Å². The van der Waals surface area contributed by atoms with Gasteiger partial charge < -0.3 is 4.42 Å². The van der Waals surface area contributed by atoms with Gasteiger partial charge in [0, 0.05) is 16.3 Å². The number of hydrogen-bond donors (Lipinski definition) is 1. The van der Waals surface area contributed by atoms with Crippen molar-refractivity contribution in [1.29, 1.82) is 0 Å². The summed E-state index contributed by atoms with van der Waals surface area (Å²) in [4.78, 5) is 21.6. The first-order valence-corrected chi connectivity index (χ1v) is 6.85. The van der Waals surface area contributed by atoms with Crippen LogP contribution in [0.25, 0.3) is 6.08 Å². The van der Waals surface area contributed by atoms with Crippen LogP contribution < -0.4 is 5.43 Å². The van der Waals surface area contributed by atoms with Crippen molar-refractivity contribution in [2.75, 3.05) is 0 Å². The molecule has 2 aromatic rings. The van der Waals surface area contributed by atoms with Gasteiger partial charge in [0.25, 0.3) is 5.91 Å². The molecule has 0 aliphatic heterocycles. The third-order valence-corrected chi connectivity index (χ3v) is 2.96. The normalized spacial score (nSPS) is 11.1. The Balaban J connectivity index is 1.88. The molecule has 1 amide bonds. The number of hydrogen-bond acceptors (Lipinski definition) is 5. The minimum Gasteiger partial charge on any atom is -0.401 e. The monoisotopic (exact) mass is 363 g/mol. The molecule has 112 valence electrons. The minimum atomic E-state index is -0.621. The molecule has 1 aromatic heterocycles. The summed E-state index contributed by atoms with van der Waals surface area (Å²) >= 11 is 3.27. The maximum Gasteiger partial charge on any atom is 0.433 e. The van der Waals surface area contributed by atoms with E-state index in [9.17, 15) is 14.9 Å². The second-order valence-corrected chi connectivity index (χ2v) is 4.94. The smallest absolute Gasteiger partial charge is 0.401 e. The van der Waals surface area contributed by atoms with Gasteiger partial charge in [0.15, 0.2) is 0 Å². The van der Waals surface area contributed by atoms with E-state index in [0.717, 1.165) is 4.47 Å². The second kappa shape index (κ2) is 7.32. The molecular weight excluding hydrogens is 354 g/mol. The molecule has 0 fully saturated rings. The lowest BCUT2D eigenvalue weighted by atomic mass is 10.2. The number of nitrogens with zero attached hydrogens (tertiary/aromatic N) is 2. The van der Waals surface area contributed by atoms with Crippen molar-refractivity contribution in [2.24, 2.45) is 5.10 Å². The molecule has 1 aromatic carbocycles. The summed E-state index contributed by atoms with van der Waals surface area (Å²) in [5.74, 6) is -0.365. The largest absolute Gasteiger partial charge is 0.433 e. The Morgan fingerprint density at radius 2 is 2.18 bits per heavy atom. The maximum atomic E-state index is 11.7. The lowest BCUT2D eigenvalue weighted by molar-refractivity contribution is -0.402. The SMILES string of the molecule is O=C(NN=CC=Cc1ccc([N+](=O)[O-])o1)c1cccc(Br)c1. The first kappa shape index (κ1) is 15.6. The summed E-state index contributed by atoms with van der Waals surface area (Å²) in [6, 6.07) is 9.60. The van der Waals surface area contributed by atoms with E-state index >= 15 is 0 Å². The van der Waals surface area contributed by atoms with Crippen molar-refractivity contribution in [3.8, 4) is 0 Å². The number of hydrazone groups is 1. The Bertz CT molecular complexity index is 752. The van der Waals surface area contributed by atoms with Gasteiger partial charge in [0.05, 0.1) is 6.07 Å². The molecule has 0 aliphatic carbocycles. The number of carbonyl (C=O) groups is 1. The van der Waals surface area contributed by atoms with Crippen molar-refractivity contribution >= 4 is 40.0 Å². The lowest BCUT2D eigenvalue weighted by Crippen LogP contribution is -2.17. The van der Waals surface area contributed by atoms with Crippen LogP contribution in [0, 0.1) is 10.1 Å². The predicted molar refractivity (Wildman–Crippen MR) is 84.5 cm³/mol. The molecule has 22 heavy (non-hydrogen) atoms. The van der Waals surface area contributed by atoms with Gasteiger partial charge >= 0.3 is 5.88 Å². The van der Waals surface area contributed by atoms with Gasteiger partial charge in [-0.05, 0) is 36.4 Å². The standard InChI is InChI=1S/C14H10BrN3O4/c15-11-4-1-3-10(9-11)14(19)17-16-8-2-5-12-6-7-13(22-12)18(20)21/h1-9H,(H,17,19). The number of nitrogens with one attached hydrogen (secondary N) is 1. The maximum absolute atomic E-state index is 11.7. The molecular formula is C14H10BrN3O4. The highest BCUT2D eigenvalue weighted by atomic mass is 79.9. The Morgan fingerprint density at radius 1 is 1.36 bits per heavy atom. The quantitative estimate of drug-likeness (QED) is 0.500. The predicted octanol–water partition coefficient (Wildman–Crippen LogP) is 3.38. The van der Waals surface area contributed by atoms with Crippen LogP contribution in [0.1, 0.15) is 16.1 Å². The molecule has 2 rings (SSSR count). The van der Waals surface area contributed by atoms with Crippen LogP contribution in [-0.2, 0) is 0 Å². The van der Waals surface area contributed by atoms with E-state index < -0.39 is 4.92 Å². The zero-order valence-corrected chi connectivity index (χ0v) is 12.7. The Morgan fingerprint density at radius 3 is 2.86 bits per heavy atom. The molecule has 1 heterocycles. The molecule has 8 heteroatoms. The van der Waals surface area contributed by atoms with Crippen LogP contribution in [0.3, 0.4) is 0 Å². The van der Waals surface area contributed by atoms with Gasteiger partial charge in [-0.25, -0.2) is 5.43 Å². The van der Waals surface area contributed by atoms with Crippen LogP contribution in [0.4, 0.5) is 5.88 Å². The topological polar surface area (TPSA) is 97.7 Å². The average Bonchev–Trinajstić information content (AvgIpc) is 2.96. The van der Waals surface area contributed by atoms with Gasteiger partial charge in [0.1, 0.15) is 10.7 Å². The van der Waals surface area contributed by atoms with Gasteiger partial charge in [-0.1, -0.05) is 22.0 Å². The molecule has 0 atom stereocenters. The Labute approximate surface area is 133 Å². The molecule has 0 spiro atoms. The van der Waals surface area contributed by atoms with Crippen molar-refractivity contribution in [2.45, 2.75) is 0 Å². The highest BCUT2D eigenvalue weighted by molar-refractivity contribution is 9.10. The van der Waals surface area contributed by atoms with Crippen molar-refractivity contribution < 1.29 is 14.1 Å². The number of halogens is 1. The molecule has 0 radical (unpaired) electrons. The average molecular weight is 364 g/mol.